The number of carbonyl (C=O) groups is 1. The molecule has 0 aromatic rings. The van der Waals surface area contributed by atoms with Crippen molar-refractivity contribution in [3.05, 3.63) is 24.3 Å². The Hall–Kier alpha value is -1.53. The van der Waals surface area contributed by atoms with E-state index in [1.54, 1.807) is 6.08 Å². The third kappa shape index (κ3) is 34.5. The number of allylic oxidation sites excluding steroid dienone is 3. The van der Waals surface area contributed by atoms with Gasteiger partial charge in [0.2, 0.25) is 5.91 Å². The van der Waals surface area contributed by atoms with Crippen LogP contribution in [-0.4, -0.2) is 140 Å². The molecule has 2 fully saturated rings. The van der Waals surface area contributed by atoms with Crippen molar-refractivity contribution in [3.8, 4) is 0 Å². The van der Waals surface area contributed by atoms with Crippen LogP contribution in [0.2, 0.25) is 0 Å². The number of nitrogens with one attached hydrogen (secondary N) is 1. The van der Waals surface area contributed by atoms with Crippen molar-refractivity contribution in [1.29, 1.82) is 0 Å². The molecule has 12 atom stereocenters. The second-order valence-corrected chi connectivity index (χ2v) is 22.9. The van der Waals surface area contributed by atoms with E-state index in [0.717, 1.165) is 57.8 Å². The van der Waals surface area contributed by atoms with Crippen LogP contribution in [0, 0.1) is 0 Å². The Labute approximate surface area is 468 Å². The first kappa shape index (κ1) is 71.6. The highest BCUT2D eigenvalue weighted by Gasteiger charge is 2.51. The number of unbranched alkanes of at least 4 members (excludes halogenated alkanes) is 37. The molecule has 9 N–H and O–H groups in total. The zero-order valence-electron chi connectivity index (χ0n) is 49.0. The minimum atomic E-state index is -1.79. The van der Waals surface area contributed by atoms with Gasteiger partial charge < -0.3 is 65.1 Å². The molecule has 0 aromatic heterocycles. The Bertz CT molecular complexity index is 1390. The summed E-state index contributed by atoms with van der Waals surface area (Å²) in [6.07, 6.45) is 42.4. The molecule has 2 heterocycles. The van der Waals surface area contributed by atoms with Crippen molar-refractivity contribution in [3.63, 3.8) is 0 Å². The Morgan fingerprint density at radius 1 is 0.455 bits per heavy atom. The van der Waals surface area contributed by atoms with E-state index in [1.165, 1.54) is 193 Å². The quantitative estimate of drug-likeness (QED) is 0.0204. The van der Waals surface area contributed by atoms with Crippen LogP contribution < -0.4 is 5.32 Å². The molecule has 1 amide bonds. The van der Waals surface area contributed by atoms with Crippen LogP contribution >= 0.6 is 0 Å². The van der Waals surface area contributed by atoms with Gasteiger partial charge in [-0.1, -0.05) is 250 Å². The highest BCUT2D eigenvalue weighted by atomic mass is 16.7. The molecule has 454 valence electrons. The van der Waals surface area contributed by atoms with E-state index < -0.39 is 86.8 Å². The molecule has 2 aliphatic rings. The van der Waals surface area contributed by atoms with Crippen molar-refractivity contribution in [1.82, 2.24) is 5.32 Å². The summed E-state index contributed by atoms with van der Waals surface area (Å²) >= 11 is 0. The third-order valence-electron chi connectivity index (χ3n) is 15.9. The molecule has 77 heavy (non-hydrogen) atoms. The lowest BCUT2D eigenvalue weighted by atomic mass is 9.97. The van der Waals surface area contributed by atoms with E-state index in [2.05, 4.69) is 31.3 Å². The maximum Gasteiger partial charge on any atom is 0.220 e. The van der Waals surface area contributed by atoms with Crippen molar-refractivity contribution in [2.75, 3.05) is 19.8 Å². The smallest absolute Gasteiger partial charge is 0.220 e. The molecule has 0 radical (unpaired) electrons. The lowest BCUT2D eigenvalue weighted by molar-refractivity contribution is -0.359. The van der Waals surface area contributed by atoms with Crippen molar-refractivity contribution in [2.24, 2.45) is 0 Å². The van der Waals surface area contributed by atoms with E-state index >= 15 is 0 Å². The molecule has 14 heteroatoms. The monoisotopic (exact) mass is 1100 g/mol. The van der Waals surface area contributed by atoms with Gasteiger partial charge in [-0.05, 0) is 44.9 Å². The van der Waals surface area contributed by atoms with Gasteiger partial charge in [0, 0.05) is 6.42 Å². The molecule has 0 saturated carbocycles. The SMILES string of the molecule is CCCCCC/C=C\CCCCCCCC(=O)NC(COC1OC(CO)C(OC2OC(CO)C(O)C(O)C2O)C(O)C1O)C(O)/C=C/CCCCCCCCCCCCCCCCCCCCCCCCCCCCCC. The predicted octanol–water partition coefficient (Wildman–Crippen LogP) is 11.6. The van der Waals surface area contributed by atoms with Gasteiger partial charge in [0.1, 0.15) is 48.8 Å². The van der Waals surface area contributed by atoms with Crippen molar-refractivity contribution < 1.29 is 64.6 Å². The third-order valence-corrected chi connectivity index (χ3v) is 15.9. The summed E-state index contributed by atoms with van der Waals surface area (Å²) in [4.78, 5) is 13.2. The van der Waals surface area contributed by atoms with Crippen LogP contribution in [0.1, 0.15) is 277 Å². The summed E-state index contributed by atoms with van der Waals surface area (Å²) in [5.41, 5.74) is 0. The maximum atomic E-state index is 13.2. The fraction of sp³-hybridized carbons (Fsp3) is 0.921. The Balaban J connectivity index is 1.67. The number of rotatable bonds is 52. The Morgan fingerprint density at radius 3 is 1.25 bits per heavy atom. The Kier molecular flexibility index (Phi) is 45.7. The molecule has 0 bridgehead atoms. The van der Waals surface area contributed by atoms with Gasteiger partial charge in [-0.25, -0.2) is 0 Å². The molecule has 2 rings (SSSR count). The van der Waals surface area contributed by atoms with E-state index in [9.17, 15) is 45.6 Å². The molecule has 14 nitrogen and oxygen atoms in total. The first-order chi connectivity index (χ1) is 37.6. The van der Waals surface area contributed by atoms with Crippen LogP contribution in [0.3, 0.4) is 0 Å². The average molecular weight is 1100 g/mol. The lowest BCUT2D eigenvalue weighted by Crippen LogP contribution is -2.65. The molecule has 12 unspecified atom stereocenters. The number of hydrogen-bond donors (Lipinski definition) is 9. The van der Waals surface area contributed by atoms with Crippen LogP contribution in [0.4, 0.5) is 0 Å². The fourth-order valence-electron chi connectivity index (χ4n) is 10.7. The number of amides is 1. The van der Waals surface area contributed by atoms with Gasteiger partial charge in [-0.15, -0.1) is 0 Å². The van der Waals surface area contributed by atoms with Crippen LogP contribution in [0.25, 0.3) is 0 Å². The standard InChI is InChI=1S/C63H119NO13/c1-3-5-7-9-11-13-15-17-18-19-20-21-22-23-24-25-26-27-28-29-30-31-32-33-35-36-38-40-42-44-46-52(67)51(64-55(68)47-45-43-41-39-37-34-16-14-12-10-8-6-4-2)50-74-62-60(73)58(71)61(54(49-66)76-62)77-63-59(72)57(70)56(69)53(48-65)75-63/h14,16,44,46,51-54,56-63,65-67,69-73H,3-13,15,17-43,45,47-50H2,1-2H3,(H,64,68)/b16-14-,46-44+. The van der Waals surface area contributed by atoms with E-state index in [0.29, 0.717) is 6.42 Å². The second-order valence-electron chi connectivity index (χ2n) is 22.9. The topological polar surface area (TPSA) is 228 Å². The maximum absolute atomic E-state index is 13.2. The summed E-state index contributed by atoms with van der Waals surface area (Å²) in [6.45, 7) is 2.80. The largest absolute Gasteiger partial charge is 0.394 e. The minimum absolute atomic E-state index is 0.246. The van der Waals surface area contributed by atoms with Gasteiger partial charge in [0.15, 0.2) is 12.6 Å². The summed E-state index contributed by atoms with van der Waals surface area (Å²) < 4.78 is 22.8. The van der Waals surface area contributed by atoms with Crippen LogP contribution in [0.15, 0.2) is 24.3 Å². The van der Waals surface area contributed by atoms with Crippen LogP contribution in [-0.2, 0) is 23.7 Å². The normalized spacial score (nSPS) is 24.8. The first-order valence-corrected chi connectivity index (χ1v) is 32.1. The second kappa shape index (κ2) is 49.1. The summed E-state index contributed by atoms with van der Waals surface area (Å²) in [6, 6.07) is -0.917. The highest BCUT2D eigenvalue weighted by Crippen LogP contribution is 2.30. The van der Waals surface area contributed by atoms with Crippen molar-refractivity contribution in [2.45, 2.75) is 351 Å². The molecular formula is C63H119NO13. The van der Waals surface area contributed by atoms with Crippen LogP contribution in [0.5, 0.6) is 0 Å². The van der Waals surface area contributed by atoms with E-state index in [1.807, 2.05) is 6.08 Å². The minimum Gasteiger partial charge on any atom is -0.394 e. The molecule has 0 spiro atoms. The zero-order valence-corrected chi connectivity index (χ0v) is 49.0. The summed E-state index contributed by atoms with van der Waals surface area (Å²) in [7, 11) is 0. The number of carbonyl (C=O) groups excluding carboxylic acids is 1. The fourth-order valence-corrected chi connectivity index (χ4v) is 10.7. The number of aliphatic hydroxyl groups excluding tert-OH is 8. The summed E-state index contributed by atoms with van der Waals surface area (Å²) in [5.74, 6) is -0.246. The van der Waals surface area contributed by atoms with E-state index in [4.69, 9.17) is 18.9 Å². The van der Waals surface area contributed by atoms with Gasteiger partial charge in [0.05, 0.1) is 32.0 Å². The summed E-state index contributed by atoms with van der Waals surface area (Å²) in [5, 5.41) is 87.1. The Morgan fingerprint density at radius 2 is 0.818 bits per heavy atom. The molecule has 0 aliphatic carbocycles. The van der Waals surface area contributed by atoms with Crippen molar-refractivity contribution >= 4 is 5.91 Å². The lowest BCUT2D eigenvalue weighted by Gasteiger charge is -2.46. The molecule has 2 aliphatic heterocycles. The zero-order chi connectivity index (χ0) is 56.0. The predicted molar refractivity (Wildman–Crippen MR) is 309 cm³/mol. The highest BCUT2D eigenvalue weighted by molar-refractivity contribution is 5.76. The van der Waals surface area contributed by atoms with Gasteiger partial charge in [-0.2, -0.15) is 0 Å². The average Bonchev–Trinajstić information content (AvgIpc) is 3.44. The van der Waals surface area contributed by atoms with Gasteiger partial charge in [0.25, 0.3) is 0 Å². The molecular weight excluding hydrogens is 979 g/mol. The molecule has 2 saturated heterocycles. The van der Waals surface area contributed by atoms with Gasteiger partial charge >= 0.3 is 0 Å². The van der Waals surface area contributed by atoms with E-state index in [-0.39, 0.29) is 18.9 Å². The molecule has 0 aromatic carbocycles. The number of ether oxygens (including phenoxy) is 4. The number of hydrogen-bond acceptors (Lipinski definition) is 13. The number of aliphatic hydroxyl groups is 8. The first-order valence-electron chi connectivity index (χ1n) is 32.1. The van der Waals surface area contributed by atoms with Gasteiger partial charge in [-0.3, -0.25) is 4.79 Å².